The Labute approximate surface area is 192 Å². The molecule has 0 saturated carbocycles. The summed E-state index contributed by atoms with van der Waals surface area (Å²) in [5, 5.41) is 6.13. The second kappa shape index (κ2) is 11.2. The quantitative estimate of drug-likeness (QED) is 0.700. The normalized spacial score (nSPS) is 15.7. The number of rotatable bonds is 7. The maximum atomic E-state index is 12.8. The first-order chi connectivity index (χ1) is 15.3. The molecule has 1 aliphatic heterocycles. The van der Waals surface area contributed by atoms with Gasteiger partial charge in [-0.1, -0.05) is 48.5 Å². The fourth-order valence-corrected chi connectivity index (χ4v) is 4.01. The molecule has 0 aromatic heterocycles. The number of benzene rings is 2. The molecule has 0 aliphatic carbocycles. The second-order valence-electron chi connectivity index (χ2n) is 9.57. The van der Waals surface area contributed by atoms with Gasteiger partial charge in [-0.2, -0.15) is 0 Å². The summed E-state index contributed by atoms with van der Waals surface area (Å²) in [6, 6.07) is 18.3. The van der Waals surface area contributed by atoms with Gasteiger partial charge in [-0.05, 0) is 63.9 Å². The average Bonchev–Trinajstić information content (AvgIpc) is 2.94. The lowest BCUT2D eigenvalue weighted by Gasteiger charge is -2.25. The van der Waals surface area contributed by atoms with Gasteiger partial charge in [0.1, 0.15) is 0 Å². The van der Waals surface area contributed by atoms with Gasteiger partial charge in [-0.25, -0.2) is 0 Å². The number of hydrogen-bond acceptors (Lipinski definition) is 4. The van der Waals surface area contributed by atoms with E-state index in [0.29, 0.717) is 13.1 Å². The van der Waals surface area contributed by atoms with E-state index < -0.39 is 0 Å². The third kappa shape index (κ3) is 8.09. The molecule has 2 aromatic rings. The summed E-state index contributed by atoms with van der Waals surface area (Å²) in [5.74, 6) is 0.0585. The topological polar surface area (TPSA) is 64.7 Å². The van der Waals surface area contributed by atoms with Crippen molar-refractivity contribution < 1.29 is 9.59 Å². The minimum atomic E-state index is -0.218. The fraction of sp³-hybridized carbons (Fsp3) is 0.462. The molecule has 0 spiro atoms. The molecule has 1 aliphatic rings. The molecule has 1 heterocycles. The molecular weight excluding hydrogens is 400 g/mol. The van der Waals surface area contributed by atoms with E-state index in [1.165, 1.54) is 5.56 Å². The summed E-state index contributed by atoms with van der Waals surface area (Å²) in [6.45, 7) is 10.0. The minimum Gasteiger partial charge on any atom is -0.350 e. The van der Waals surface area contributed by atoms with Crippen molar-refractivity contribution in [3.63, 3.8) is 0 Å². The fourth-order valence-electron chi connectivity index (χ4n) is 4.01. The van der Waals surface area contributed by atoms with Gasteiger partial charge in [0.25, 0.3) is 0 Å². The Bertz CT molecular complexity index is 892. The van der Waals surface area contributed by atoms with Gasteiger partial charge in [0.05, 0.1) is 13.1 Å². The molecule has 0 radical (unpaired) electrons. The van der Waals surface area contributed by atoms with Gasteiger partial charge in [-0.15, -0.1) is 0 Å². The van der Waals surface area contributed by atoms with E-state index in [9.17, 15) is 9.59 Å². The summed E-state index contributed by atoms with van der Waals surface area (Å²) in [6.07, 6.45) is 1.73. The van der Waals surface area contributed by atoms with Crippen LogP contribution in [0, 0.1) is 0 Å². The van der Waals surface area contributed by atoms with Crippen molar-refractivity contribution in [2.45, 2.75) is 39.2 Å². The van der Waals surface area contributed by atoms with Crippen molar-refractivity contribution in [2.24, 2.45) is 0 Å². The van der Waals surface area contributed by atoms with Gasteiger partial charge in [0.15, 0.2) is 0 Å². The van der Waals surface area contributed by atoms with Crippen LogP contribution in [0.2, 0.25) is 0 Å². The van der Waals surface area contributed by atoms with E-state index in [1.54, 1.807) is 0 Å². The lowest BCUT2D eigenvalue weighted by atomic mass is 10.0. The first kappa shape index (κ1) is 24.0. The number of hydrogen-bond donors (Lipinski definition) is 2. The molecule has 1 fully saturated rings. The smallest absolute Gasteiger partial charge is 0.238 e. The van der Waals surface area contributed by atoms with Crippen LogP contribution in [0.5, 0.6) is 0 Å². The molecule has 2 N–H and O–H groups in total. The van der Waals surface area contributed by atoms with Crippen molar-refractivity contribution in [2.75, 3.05) is 44.6 Å². The summed E-state index contributed by atoms with van der Waals surface area (Å²) >= 11 is 0. The molecule has 6 heteroatoms. The highest BCUT2D eigenvalue weighted by molar-refractivity contribution is 5.93. The van der Waals surface area contributed by atoms with Crippen LogP contribution in [0.3, 0.4) is 0 Å². The van der Waals surface area contributed by atoms with E-state index in [-0.39, 0.29) is 17.4 Å². The Kier molecular flexibility index (Phi) is 8.42. The van der Waals surface area contributed by atoms with Crippen molar-refractivity contribution in [3.05, 3.63) is 65.7 Å². The number of nitrogens with zero attached hydrogens (tertiary/aromatic N) is 2. The maximum Gasteiger partial charge on any atom is 0.238 e. The van der Waals surface area contributed by atoms with Crippen LogP contribution < -0.4 is 10.6 Å². The molecular formula is C26H36N4O2. The summed E-state index contributed by atoms with van der Waals surface area (Å²) in [7, 11) is 0. The Hall–Kier alpha value is -2.70. The molecule has 3 rings (SSSR count). The van der Waals surface area contributed by atoms with Gasteiger partial charge in [-0.3, -0.25) is 19.4 Å². The first-order valence-electron chi connectivity index (χ1n) is 11.5. The predicted octanol–water partition coefficient (Wildman–Crippen LogP) is 3.14. The zero-order valence-corrected chi connectivity index (χ0v) is 19.6. The van der Waals surface area contributed by atoms with E-state index in [1.807, 2.05) is 57.2 Å². The Morgan fingerprint density at radius 3 is 2.06 bits per heavy atom. The summed E-state index contributed by atoms with van der Waals surface area (Å²) < 4.78 is 0. The highest BCUT2D eigenvalue weighted by Crippen LogP contribution is 2.19. The predicted molar refractivity (Wildman–Crippen MR) is 130 cm³/mol. The molecule has 32 heavy (non-hydrogen) atoms. The van der Waals surface area contributed by atoms with Crippen molar-refractivity contribution in [3.8, 4) is 0 Å². The van der Waals surface area contributed by atoms with Crippen LogP contribution in [0.25, 0.3) is 0 Å². The maximum absolute atomic E-state index is 12.8. The summed E-state index contributed by atoms with van der Waals surface area (Å²) in [4.78, 5) is 29.4. The van der Waals surface area contributed by atoms with Crippen LogP contribution >= 0.6 is 0 Å². The van der Waals surface area contributed by atoms with Crippen molar-refractivity contribution >= 4 is 17.5 Å². The minimum absolute atomic E-state index is 0.00411. The van der Waals surface area contributed by atoms with Crippen LogP contribution in [-0.2, 0) is 16.0 Å². The zero-order chi connectivity index (χ0) is 23.0. The standard InChI is InChI=1S/C26H36N4O2/c1-26(2,3)28-25(32)20-30-15-9-14-29(16-17-30)19-24(31)27-23-13-8-7-12-22(23)18-21-10-5-4-6-11-21/h4-8,10-13H,9,14-20H2,1-3H3,(H,27,31)(H,28,32). The summed E-state index contributed by atoms with van der Waals surface area (Å²) in [5.41, 5.74) is 2.98. The van der Waals surface area contributed by atoms with E-state index >= 15 is 0 Å². The zero-order valence-electron chi connectivity index (χ0n) is 19.6. The highest BCUT2D eigenvalue weighted by Gasteiger charge is 2.21. The molecule has 0 unspecified atom stereocenters. The Morgan fingerprint density at radius 2 is 1.41 bits per heavy atom. The molecule has 0 bridgehead atoms. The first-order valence-corrected chi connectivity index (χ1v) is 11.5. The number of carbonyl (C=O) groups is 2. The number of amides is 2. The molecule has 2 amide bonds. The van der Waals surface area contributed by atoms with Gasteiger partial charge >= 0.3 is 0 Å². The van der Waals surface area contributed by atoms with Crippen LogP contribution in [0.15, 0.2) is 54.6 Å². The van der Waals surface area contributed by atoms with E-state index in [2.05, 4.69) is 38.6 Å². The average molecular weight is 437 g/mol. The lowest BCUT2D eigenvalue weighted by molar-refractivity contribution is -0.123. The van der Waals surface area contributed by atoms with Crippen molar-refractivity contribution in [1.82, 2.24) is 15.1 Å². The molecule has 1 saturated heterocycles. The highest BCUT2D eigenvalue weighted by atomic mass is 16.2. The molecule has 6 nitrogen and oxygen atoms in total. The van der Waals surface area contributed by atoms with Crippen LogP contribution in [-0.4, -0.2) is 66.4 Å². The lowest BCUT2D eigenvalue weighted by Crippen LogP contribution is -2.46. The number of anilines is 1. The van der Waals surface area contributed by atoms with E-state index in [4.69, 9.17) is 0 Å². The van der Waals surface area contributed by atoms with Gasteiger partial charge < -0.3 is 10.6 Å². The number of nitrogens with one attached hydrogen (secondary N) is 2. The van der Waals surface area contributed by atoms with Gasteiger partial charge in [0.2, 0.25) is 11.8 Å². The SMILES string of the molecule is CC(C)(C)NC(=O)CN1CCCN(CC(=O)Nc2ccccc2Cc2ccccc2)CC1. The third-order valence-corrected chi connectivity index (χ3v) is 5.46. The van der Waals surface area contributed by atoms with E-state index in [0.717, 1.165) is 50.3 Å². The molecule has 172 valence electrons. The molecule has 0 atom stereocenters. The van der Waals surface area contributed by atoms with Crippen molar-refractivity contribution in [1.29, 1.82) is 0 Å². The van der Waals surface area contributed by atoms with Crippen LogP contribution in [0.1, 0.15) is 38.3 Å². The Morgan fingerprint density at radius 1 is 0.812 bits per heavy atom. The number of carbonyl (C=O) groups excluding carboxylic acids is 2. The van der Waals surface area contributed by atoms with Gasteiger partial charge in [0, 0.05) is 24.3 Å². The Balaban J connectivity index is 1.50. The second-order valence-corrected chi connectivity index (χ2v) is 9.57. The monoisotopic (exact) mass is 436 g/mol. The third-order valence-electron chi connectivity index (χ3n) is 5.46. The molecule has 2 aromatic carbocycles. The number of para-hydroxylation sites is 1. The largest absolute Gasteiger partial charge is 0.350 e. The van der Waals surface area contributed by atoms with Crippen LogP contribution in [0.4, 0.5) is 5.69 Å².